The maximum atomic E-state index is 5.62. The number of hydrogen-bond donors (Lipinski definition) is 1. The van der Waals surface area contributed by atoms with Gasteiger partial charge in [-0.05, 0) is 32.1 Å². The molecule has 17 heavy (non-hydrogen) atoms. The van der Waals surface area contributed by atoms with Crippen LogP contribution in [0.15, 0.2) is 12.4 Å². The molecule has 4 nitrogen and oxygen atoms in total. The molecule has 2 aliphatic rings. The molecule has 0 aromatic carbocycles. The third-order valence-corrected chi connectivity index (χ3v) is 3.56. The lowest BCUT2D eigenvalue weighted by Crippen LogP contribution is -2.14. The highest BCUT2D eigenvalue weighted by atomic mass is 16.5. The molecular weight excluding hydrogens is 214 g/mol. The van der Waals surface area contributed by atoms with Crippen LogP contribution in [0.1, 0.15) is 37.7 Å². The lowest BCUT2D eigenvalue weighted by atomic mass is 10.2. The van der Waals surface area contributed by atoms with Crippen molar-refractivity contribution >= 4 is 0 Å². The van der Waals surface area contributed by atoms with Crippen molar-refractivity contribution in [2.24, 2.45) is 0 Å². The standard InChI is InChI=1S/C13H21N3O/c1-2-13(17-7-1)5-6-16-10-11(9-15-16)8-14-12-3-4-12/h9-10,12-14H,1-8H2. The van der Waals surface area contributed by atoms with E-state index in [9.17, 15) is 0 Å². The van der Waals surface area contributed by atoms with Gasteiger partial charge >= 0.3 is 0 Å². The SMILES string of the molecule is c1nn(CCC2CCCO2)cc1CNC1CC1. The summed E-state index contributed by atoms with van der Waals surface area (Å²) in [5.41, 5.74) is 1.30. The Morgan fingerprint density at radius 3 is 3.12 bits per heavy atom. The van der Waals surface area contributed by atoms with Gasteiger partial charge in [-0.2, -0.15) is 5.10 Å². The highest BCUT2D eigenvalue weighted by Crippen LogP contribution is 2.19. The Hall–Kier alpha value is -0.870. The van der Waals surface area contributed by atoms with Crippen LogP contribution in [0.5, 0.6) is 0 Å². The first-order chi connectivity index (χ1) is 8.40. The second-order valence-corrected chi connectivity index (χ2v) is 5.19. The summed E-state index contributed by atoms with van der Waals surface area (Å²) in [6, 6.07) is 0.769. The van der Waals surface area contributed by atoms with Gasteiger partial charge in [0, 0.05) is 37.5 Å². The van der Waals surface area contributed by atoms with E-state index in [1.807, 2.05) is 10.9 Å². The summed E-state index contributed by atoms with van der Waals surface area (Å²) in [4.78, 5) is 0. The minimum Gasteiger partial charge on any atom is -0.378 e. The van der Waals surface area contributed by atoms with Crippen LogP contribution in [-0.4, -0.2) is 28.5 Å². The molecule has 0 bridgehead atoms. The van der Waals surface area contributed by atoms with E-state index in [0.29, 0.717) is 6.10 Å². The number of aromatic nitrogens is 2. The molecule has 1 atom stereocenters. The molecule has 2 heterocycles. The molecule has 0 radical (unpaired) electrons. The van der Waals surface area contributed by atoms with Gasteiger partial charge in [0.25, 0.3) is 0 Å². The van der Waals surface area contributed by atoms with E-state index >= 15 is 0 Å². The van der Waals surface area contributed by atoms with Gasteiger partial charge in [-0.15, -0.1) is 0 Å². The third-order valence-electron chi connectivity index (χ3n) is 3.56. The molecule has 3 rings (SSSR count). The van der Waals surface area contributed by atoms with Gasteiger partial charge in [0.2, 0.25) is 0 Å². The van der Waals surface area contributed by atoms with E-state index < -0.39 is 0 Å². The van der Waals surface area contributed by atoms with Crippen LogP contribution >= 0.6 is 0 Å². The second kappa shape index (κ2) is 5.19. The van der Waals surface area contributed by atoms with E-state index in [4.69, 9.17) is 4.74 Å². The Balaban J connectivity index is 1.42. The smallest absolute Gasteiger partial charge is 0.0593 e. The monoisotopic (exact) mass is 235 g/mol. The summed E-state index contributed by atoms with van der Waals surface area (Å²) in [5.74, 6) is 0. The average molecular weight is 235 g/mol. The summed E-state index contributed by atoms with van der Waals surface area (Å²) >= 11 is 0. The minimum atomic E-state index is 0.465. The molecule has 94 valence electrons. The predicted molar refractivity (Wildman–Crippen MR) is 65.7 cm³/mol. The predicted octanol–water partition coefficient (Wildman–Crippen LogP) is 1.70. The van der Waals surface area contributed by atoms with Crippen molar-refractivity contribution in [2.45, 2.75) is 57.3 Å². The molecule has 1 saturated carbocycles. The summed E-state index contributed by atoms with van der Waals surface area (Å²) < 4.78 is 7.66. The first kappa shape index (κ1) is 11.2. The van der Waals surface area contributed by atoms with Gasteiger partial charge in [-0.25, -0.2) is 0 Å². The number of rotatable bonds is 6. The summed E-state index contributed by atoms with van der Waals surface area (Å²) in [7, 11) is 0. The van der Waals surface area contributed by atoms with E-state index in [2.05, 4.69) is 16.6 Å². The molecule has 1 aromatic rings. The zero-order valence-corrected chi connectivity index (χ0v) is 10.3. The van der Waals surface area contributed by atoms with Crippen molar-refractivity contribution in [2.75, 3.05) is 6.61 Å². The highest BCUT2D eigenvalue weighted by Gasteiger charge is 2.20. The summed E-state index contributed by atoms with van der Waals surface area (Å²) in [6.45, 7) is 2.89. The van der Waals surface area contributed by atoms with Crippen molar-refractivity contribution in [1.82, 2.24) is 15.1 Å². The van der Waals surface area contributed by atoms with Gasteiger partial charge in [0.05, 0.1) is 12.3 Å². The molecule has 1 aliphatic heterocycles. The largest absolute Gasteiger partial charge is 0.378 e. The first-order valence-electron chi connectivity index (χ1n) is 6.76. The topological polar surface area (TPSA) is 39.1 Å². The lowest BCUT2D eigenvalue weighted by molar-refractivity contribution is 0.0994. The molecule has 1 unspecified atom stereocenters. The quantitative estimate of drug-likeness (QED) is 0.815. The Bertz CT molecular complexity index is 353. The fourth-order valence-electron chi connectivity index (χ4n) is 2.32. The molecule has 2 fully saturated rings. The van der Waals surface area contributed by atoms with Crippen LogP contribution < -0.4 is 5.32 Å². The zero-order valence-electron chi connectivity index (χ0n) is 10.3. The number of hydrogen-bond acceptors (Lipinski definition) is 3. The number of nitrogens with zero attached hydrogens (tertiary/aromatic N) is 2. The van der Waals surface area contributed by atoms with E-state index in [1.54, 1.807) is 0 Å². The van der Waals surface area contributed by atoms with Gasteiger partial charge < -0.3 is 10.1 Å². The fraction of sp³-hybridized carbons (Fsp3) is 0.769. The highest BCUT2D eigenvalue weighted by molar-refractivity contribution is 5.04. The molecule has 0 spiro atoms. The van der Waals surface area contributed by atoms with E-state index in [-0.39, 0.29) is 0 Å². The van der Waals surface area contributed by atoms with Crippen molar-refractivity contribution < 1.29 is 4.74 Å². The number of nitrogens with one attached hydrogen (secondary N) is 1. The van der Waals surface area contributed by atoms with Crippen LogP contribution in [0.25, 0.3) is 0 Å². The molecule has 0 amide bonds. The Labute approximate surface area is 102 Å². The maximum absolute atomic E-state index is 5.62. The molecule has 1 saturated heterocycles. The lowest BCUT2D eigenvalue weighted by Gasteiger charge is -2.08. The number of ether oxygens (including phenoxy) is 1. The first-order valence-corrected chi connectivity index (χ1v) is 6.76. The minimum absolute atomic E-state index is 0.465. The fourth-order valence-corrected chi connectivity index (χ4v) is 2.32. The van der Waals surface area contributed by atoms with E-state index in [0.717, 1.165) is 32.2 Å². The zero-order chi connectivity index (χ0) is 11.5. The third kappa shape index (κ3) is 3.30. The Morgan fingerprint density at radius 2 is 2.35 bits per heavy atom. The molecular formula is C13H21N3O. The van der Waals surface area contributed by atoms with Crippen molar-refractivity contribution in [3.8, 4) is 0 Å². The maximum Gasteiger partial charge on any atom is 0.0593 e. The average Bonchev–Trinajstić information content (AvgIpc) is 2.86. The van der Waals surface area contributed by atoms with Crippen molar-refractivity contribution in [1.29, 1.82) is 0 Å². The number of aryl methyl sites for hydroxylation is 1. The van der Waals surface area contributed by atoms with Crippen LogP contribution in [0.3, 0.4) is 0 Å². The van der Waals surface area contributed by atoms with Gasteiger partial charge in [-0.3, -0.25) is 4.68 Å². The van der Waals surface area contributed by atoms with Crippen LogP contribution in [0.2, 0.25) is 0 Å². The summed E-state index contributed by atoms with van der Waals surface area (Å²) in [6.07, 6.45) is 10.8. The van der Waals surface area contributed by atoms with E-state index in [1.165, 1.54) is 31.2 Å². The molecule has 1 N–H and O–H groups in total. The van der Waals surface area contributed by atoms with Crippen LogP contribution in [-0.2, 0) is 17.8 Å². The van der Waals surface area contributed by atoms with Gasteiger partial charge in [-0.1, -0.05) is 0 Å². The summed E-state index contributed by atoms with van der Waals surface area (Å²) in [5, 5.41) is 7.90. The second-order valence-electron chi connectivity index (χ2n) is 5.19. The Kier molecular flexibility index (Phi) is 3.43. The van der Waals surface area contributed by atoms with Crippen molar-refractivity contribution in [3.05, 3.63) is 18.0 Å². The molecule has 1 aromatic heterocycles. The van der Waals surface area contributed by atoms with Crippen LogP contribution in [0, 0.1) is 0 Å². The van der Waals surface area contributed by atoms with Gasteiger partial charge in [0.15, 0.2) is 0 Å². The van der Waals surface area contributed by atoms with Gasteiger partial charge in [0.1, 0.15) is 0 Å². The Morgan fingerprint density at radius 1 is 1.41 bits per heavy atom. The van der Waals surface area contributed by atoms with Crippen molar-refractivity contribution in [3.63, 3.8) is 0 Å². The normalized spacial score (nSPS) is 24.4. The molecule has 1 aliphatic carbocycles. The molecule has 4 heteroatoms. The van der Waals surface area contributed by atoms with Crippen LogP contribution in [0.4, 0.5) is 0 Å².